The zero-order valence-corrected chi connectivity index (χ0v) is 5.71. The van der Waals surface area contributed by atoms with Crippen LogP contribution in [0.2, 0.25) is 0 Å². The third kappa shape index (κ3) is 2.68. The molecule has 0 aromatic carbocycles. The number of ketones is 1. The predicted octanol–water partition coefficient (Wildman–Crippen LogP) is 1.33. The molecule has 0 saturated heterocycles. The van der Waals surface area contributed by atoms with E-state index >= 15 is 0 Å². The van der Waals surface area contributed by atoms with Crippen molar-refractivity contribution < 1.29 is 4.79 Å². The van der Waals surface area contributed by atoms with Gasteiger partial charge < -0.3 is 0 Å². The summed E-state index contributed by atoms with van der Waals surface area (Å²) in [5, 5.41) is 0.181. The SMILES string of the molecule is CS[C@@H](C)C(C)=O. The molecule has 0 aromatic rings. The lowest BCUT2D eigenvalue weighted by molar-refractivity contribution is -0.116. The fourth-order valence-electron chi connectivity index (χ4n) is 0.166. The molecule has 2 heteroatoms. The summed E-state index contributed by atoms with van der Waals surface area (Å²) < 4.78 is 0. The number of carbonyl (C=O) groups excluding carboxylic acids is 1. The summed E-state index contributed by atoms with van der Waals surface area (Å²) >= 11 is 1.58. The zero-order chi connectivity index (χ0) is 5.86. The van der Waals surface area contributed by atoms with Gasteiger partial charge in [0.25, 0.3) is 0 Å². The minimum atomic E-state index is 0.181. The highest BCUT2D eigenvalue weighted by molar-refractivity contribution is 7.99. The first-order chi connectivity index (χ1) is 3.18. The van der Waals surface area contributed by atoms with E-state index in [9.17, 15) is 4.79 Å². The van der Waals surface area contributed by atoms with Gasteiger partial charge in [0.15, 0.2) is 0 Å². The van der Waals surface area contributed by atoms with Gasteiger partial charge in [0, 0.05) is 0 Å². The molecule has 0 aliphatic carbocycles. The topological polar surface area (TPSA) is 17.1 Å². The summed E-state index contributed by atoms with van der Waals surface area (Å²) in [5.74, 6) is 0.257. The molecule has 0 N–H and O–H groups in total. The first-order valence-electron chi connectivity index (χ1n) is 2.21. The molecule has 7 heavy (non-hydrogen) atoms. The van der Waals surface area contributed by atoms with Crippen LogP contribution in [0.4, 0.5) is 0 Å². The maximum atomic E-state index is 10.4. The summed E-state index contributed by atoms with van der Waals surface area (Å²) in [5.41, 5.74) is 0. The van der Waals surface area contributed by atoms with E-state index in [0.717, 1.165) is 0 Å². The van der Waals surface area contributed by atoms with Crippen molar-refractivity contribution in [2.45, 2.75) is 19.1 Å². The second kappa shape index (κ2) is 3.08. The number of carbonyl (C=O) groups is 1. The van der Waals surface area contributed by atoms with Crippen LogP contribution in [-0.2, 0) is 4.79 Å². The summed E-state index contributed by atoms with van der Waals surface area (Å²) in [6, 6.07) is 0. The van der Waals surface area contributed by atoms with E-state index in [4.69, 9.17) is 0 Å². The molecule has 0 heterocycles. The van der Waals surface area contributed by atoms with E-state index in [1.54, 1.807) is 18.7 Å². The lowest BCUT2D eigenvalue weighted by Crippen LogP contribution is -2.06. The van der Waals surface area contributed by atoms with Gasteiger partial charge in [-0.15, -0.1) is 0 Å². The molecule has 0 spiro atoms. The van der Waals surface area contributed by atoms with E-state index < -0.39 is 0 Å². The molecule has 0 rings (SSSR count). The Morgan fingerprint density at radius 1 is 1.71 bits per heavy atom. The summed E-state index contributed by atoms with van der Waals surface area (Å²) in [6.07, 6.45) is 1.94. The second-order valence-electron chi connectivity index (χ2n) is 1.49. The summed E-state index contributed by atoms with van der Waals surface area (Å²) in [6.45, 7) is 3.52. The fourth-order valence-corrected chi connectivity index (χ4v) is 0.498. The lowest BCUT2D eigenvalue weighted by atomic mass is 10.3. The minimum Gasteiger partial charge on any atom is -0.299 e. The van der Waals surface area contributed by atoms with Crippen LogP contribution in [0, 0.1) is 0 Å². The van der Waals surface area contributed by atoms with Crippen LogP contribution in [0.3, 0.4) is 0 Å². The van der Waals surface area contributed by atoms with Crippen molar-refractivity contribution in [2.75, 3.05) is 6.26 Å². The van der Waals surface area contributed by atoms with Gasteiger partial charge in [-0.25, -0.2) is 0 Å². The van der Waals surface area contributed by atoms with Crippen LogP contribution in [0.5, 0.6) is 0 Å². The average molecular weight is 118 g/mol. The summed E-state index contributed by atoms with van der Waals surface area (Å²) in [7, 11) is 0. The Labute approximate surface area is 48.5 Å². The van der Waals surface area contributed by atoms with Gasteiger partial charge in [-0.1, -0.05) is 0 Å². The van der Waals surface area contributed by atoms with Gasteiger partial charge in [0.05, 0.1) is 5.25 Å². The largest absolute Gasteiger partial charge is 0.299 e. The molecule has 0 bridgehead atoms. The molecule has 0 aliphatic rings. The molecule has 0 saturated carbocycles. The summed E-state index contributed by atoms with van der Waals surface area (Å²) in [4.78, 5) is 10.4. The molecule has 42 valence electrons. The molecule has 0 unspecified atom stereocenters. The van der Waals surface area contributed by atoms with E-state index in [1.165, 1.54) is 0 Å². The Morgan fingerprint density at radius 3 is 2.14 bits per heavy atom. The average Bonchev–Trinajstić information content (AvgIpc) is 1.65. The third-order valence-corrected chi connectivity index (χ3v) is 1.97. The highest BCUT2D eigenvalue weighted by Gasteiger charge is 2.01. The van der Waals surface area contributed by atoms with Gasteiger partial charge in [-0.2, -0.15) is 11.8 Å². The molecular weight excluding hydrogens is 108 g/mol. The van der Waals surface area contributed by atoms with Crippen LogP contribution in [0.1, 0.15) is 13.8 Å². The van der Waals surface area contributed by atoms with Gasteiger partial charge in [0.1, 0.15) is 5.78 Å². The van der Waals surface area contributed by atoms with Crippen molar-refractivity contribution in [3.63, 3.8) is 0 Å². The Hall–Kier alpha value is 0.0200. The number of hydrogen-bond acceptors (Lipinski definition) is 2. The van der Waals surface area contributed by atoms with E-state index in [0.29, 0.717) is 0 Å². The molecule has 0 aromatic heterocycles. The highest BCUT2D eigenvalue weighted by Crippen LogP contribution is 2.04. The Balaban J connectivity index is 3.34. The van der Waals surface area contributed by atoms with Crippen molar-refractivity contribution in [3.05, 3.63) is 0 Å². The predicted molar refractivity (Wildman–Crippen MR) is 33.7 cm³/mol. The third-order valence-electron chi connectivity index (χ3n) is 0.926. The molecule has 0 aliphatic heterocycles. The number of rotatable bonds is 2. The molecule has 0 amide bonds. The van der Waals surface area contributed by atoms with Gasteiger partial charge in [-0.3, -0.25) is 4.79 Å². The number of Topliss-reactive ketones (excluding diaryl/α,β-unsaturated/α-hetero) is 1. The monoisotopic (exact) mass is 118 g/mol. The van der Waals surface area contributed by atoms with Crippen LogP contribution in [-0.4, -0.2) is 17.3 Å². The lowest BCUT2D eigenvalue weighted by Gasteiger charge is -1.98. The van der Waals surface area contributed by atoms with Gasteiger partial charge in [0.2, 0.25) is 0 Å². The fraction of sp³-hybridized carbons (Fsp3) is 0.800. The Kier molecular flexibility index (Phi) is 3.09. The standard InChI is InChI=1S/C5H10OS/c1-4(6)5(2)7-3/h5H,1-3H3/t5-/m0/s1. The first kappa shape index (κ1) is 7.02. The first-order valence-corrected chi connectivity index (χ1v) is 3.50. The number of hydrogen-bond donors (Lipinski definition) is 0. The van der Waals surface area contributed by atoms with Crippen LogP contribution < -0.4 is 0 Å². The zero-order valence-electron chi connectivity index (χ0n) is 4.89. The molecular formula is C5H10OS. The van der Waals surface area contributed by atoms with Crippen molar-refractivity contribution in [3.8, 4) is 0 Å². The number of thioether (sulfide) groups is 1. The van der Waals surface area contributed by atoms with Crippen molar-refractivity contribution in [1.82, 2.24) is 0 Å². The van der Waals surface area contributed by atoms with Crippen LogP contribution in [0.15, 0.2) is 0 Å². The maximum absolute atomic E-state index is 10.4. The van der Waals surface area contributed by atoms with Gasteiger partial charge in [-0.05, 0) is 20.1 Å². The van der Waals surface area contributed by atoms with Crippen molar-refractivity contribution in [2.24, 2.45) is 0 Å². The second-order valence-corrected chi connectivity index (χ2v) is 2.67. The maximum Gasteiger partial charge on any atom is 0.142 e. The van der Waals surface area contributed by atoms with Crippen molar-refractivity contribution >= 4 is 17.5 Å². The highest BCUT2D eigenvalue weighted by atomic mass is 32.2. The van der Waals surface area contributed by atoms with Crippen molar-refractivity contribution in [1.29, 1.82) is 0 Å². The molecule has 0 fully saturated rings. The van der Waals surface area contributed by atoms with E-state index in [1.807, 2.05) is 13.2 Å². The smallest absolute Gasteiger partial charge is 0.142 e. The minimum absolute atomic E-state index is 0.181. The van der Waals surface area contributed by atoms with E-state index in [2.05, 4.69) is 0 Å². The molecule has 1 nitrogen and oxygen atoms in total. The van der Waals surface area contributed by atoms with Crippen LogP contribution >= 0.6 is 11.8 Å². The Bertz CT molecular complexity index is 70.5. The van der Waals surface area contributed by atoms with Crippen LogP contribution in [0.25, 0.3) is 0 Å². The van der Waals surface area contributed by atoms with E-state index in [-0.39, 0.29) is 11.0 Å². The normalized spacial score (nSPS) is 13.6. The molecule has 0 radical (unpaired) electrons. The Morgan fingerprint density at radius 2 is 2.14 bits per heavy atom. The quantitative estimate of drug-likeness (QED) is 0.544. The van der Waals surface area contributed by atoms with Gasteiger partial charge >= 0.3 is 0 Å². The molecule has 1 atom stereocenters.